The van der Waals surface area contributed by atoms with Gasteiger partial charge >= 0.3 is 0 Å². The fraction of sp³-hybridized carbons (Fsp3) is 0.400. The van der Waals surface area contributed by atoms with Crippen molar-refractivity contribution in [3.8, 4) is 0 Å². The highest BCUT2D eigenvalue weighted by Crippen LogP contribution is 2.43. The van der Waals surface area contributed by atoms with Crippen molar-refractivity contribution in [2.45, 2.75) is 46.2 Å². The van der Waals surface area contributed by atoms with Gasteiger partial charge in [0, 0.05) is 35.8 Å². The first-order valence-electron chi connectivity index (χ1n) is 8.71. The van der Waals surface area contributed by atoms with E-state index in [0.29, 0.717) is 0 Å². The van der Waals surface area contributed by atoms with E-state index in [2.05, 4.69) is 24.1 Å². The van der Waals surface area contributed by atoms with Crippen LogP contribution in [0.15, 0.2) is 36.4 Å². The summed E-state index contributed by atoms with van der Waals surface area (Å²) in [5.41, 5.74) is 2.50. The van der Waals surface area contributed by atoms with Crippen LogP contribution in [0.5, 0.6) is 0 Å². The smallest absolute Gasteiger partial charge is 0.224 e. The molecule has 0 bridgehead atoms. The zero-order valence-corrected chi connectivity index (χ0v) is 15.1. The Bertz CT molecular complexity index is 792. The zero-order chi connectivity index (χ0) is 18.1. The lowest BCUT2D eigenvalue weighted by Gasteiger charge is -2.45. The van der Waals surface area contributed by atoms with E-state index >= 15 is 0 Å². The van der Waals surface area contributed by atoms with E-state index < -0.39 is 0 Å². The molecule has 4 nitrogen and oxygen atoms in total. The lowest BCUT2D eigenvalue weighted by atomic mass is 9.81. The van der Waals surface area contributed by atoms with Crippen molar-refractivity contribution in [1.82, 2.24) is 4.98 Å². The predicted octanol–water partition coefficient (Wildman–Crippen LogP) is 4.46. The lowest BCUT2D eigenvalue weighted by Crippen LogP contribution is -2.49. The van der Waals surface area contributed by atoms with Crippen LogP contribution in [0, 0.1) is 18.7 Å². The van der Waals surface area contributed by atoms with E-state index in [0.717, 1.165) is 29.2 Å². The standard InChI is InChI=1S/C20H24FN3O/c1-5-17-13(3)20(23-19-8-6-7-12(2)22-19)16-11-15(21)9-10-18(16)24(17)14(4)25/h6-11,13,17,20H,5H2,1-4H3,(H,22,23). The van der Waals surface area contributed by atoms with Crippen molar-refractivity contribution in [2.24, 2.45) is 5.92 Å². The number of anilines is 2. The molecule has 3 unspecified atom stereocenters. The second kappa shape index (κ2) is 6.82. The van der Waals surface area contributed by atoms with E-state index in [1.807, 2.05) is 25.1 Å². The van der Waals surface area contributed by atoms with Gasteiger partial charge in [0.25, 0.3) is 0 Å². The van der Waals surface area contributed by atoms with Gasteiger partial charge in [-0.3, -0.25) is 4.79 Å². The number of aryl methyl sites for hydroxylation is 1. The molecule has 2 heterocycles. The molecule has 5 heteroatoms. The van der Waals surface area contributed by atoms with Crippen LogP contribution in [0.1, 0.15) is 44.5 Å². The highest BCUT2D eigenvalue weighted by molar-refractivity contribution is 5.94. The topological polar surface area (TPSA) is 45.2 Å². The molecule has 0 saturated carbocycles. The Balaban J connectivity index is 2.09. The number of amides is 1. The summed E-state index contributed by atoms with van der Waals surface area (Å²) in [6.45, 7) is 7.69. The SMILES string of the molecule is CCC1C(C)C(Nc2cccc(C)n2)c2cc(F)ccc2N1C(C)=O. The maximum absolute atomic E-state index is 14.0. The van der Waals surface area contributed by atoms with Crippen LogP contribution in [-0.2, 0) is 4.79 Å². The third-order valence-corrected chi connectivity index (χ3v) is 5.00. The minimum Gasteiger partial charge on any atom is -0.363 e. The largest absolute Gasteiger partial charge is 0.363 e. The van der Waals surface area contributed by atoms with E-state index in [1.54, 1.807) is 17.9 Å². The molecule has 3 atom stereocenters. The average Bonchev–Trinajstić information content (AvgIpc) is 2.56. The Morgan fingerprint density at radius 3 is 2.72 bits per heavy atom. The zero-order valence-electron chi connectivity index (χ0n) is 15.1. The van der Waals surface area contributed by atoms with Crippen molar-refractivity contribution in [3.05, 3.63) is 53.5 Å². The summed E-state index contributed by atoms with van der Waals surface area (Å²) < 4.78 is 14.0. The first-order chi connectivity index (χ1) is 11.9. The molecule has 3 rings (SSSR count). The summed E-state index contributed by atoms with van der Waals surface area (Å²) in [5, 5.41) is 3.46. The molecular formula is C20H24FN3O. The number of aromatic nitrogens is 1. The Morgan fingerprint density at radius 1 is 1.32 bits per heavy atom. The highest BCUT2D eigenvalue weighted by atomic mass is 19.1. The summed E-state index contributed by atoms with van der Waals surface area (Å²) in [5.74, 6) is 0.566. The van der Waals surface area contributed by atoms with Gasteiger partial charge < -0.3 is 10.2 Å². The molecule has 2 aromatic rings. The van der Waals surface area contributed by atoms with Crippen LogP contribution in [0.2, 0.25) is 0 Å². The Kier molecular flexibility index (Phi) is 4.75. The number of hydrogen-bond acceptors (Lipinski definition) is 3. The summed E-state index contributed by atoms with van der Waals surface area (Å²) in [4.78, 5) is 18.6. The number of carbonyl (C=O) groups excluding carboxylic acids is 1. The molecule has 0 radical (unpaired) electrons. The van der Waals surface area contributed by atoms with Gasteiger partial charge in [-0.2, -0.15) is 0 Å². The summed E-state index contributed by atoms with van der Waals surface area (Å²) in [6.07, 6.45) is 0.830. The first kappa shape index (κ1) is 17.4. The van der Waals surface area contributed by atoms with Gasteiger partial charge in [0.1, 0.15) is 11.6 Å². The number of halogens is 1. The van der Waals surface area contributed by atoms with Gasteiger partial charge in [0.2, 0.25) is 5.91 Å². The maximum atomic E-state index is 14.0. The minimum atomic E-state index is -0.298. The van der Waals surface area contributed by atoms with Crippen molar-refractivity contribution in [1.29, 1.82) is 0 Å². The van der Waals surface area contributed by atoms with Crippen LogP contribution in [0.4, 0.5) is 15.9 Å². The molecule has 0 saturated heterocycles. The van der Waals surface area contributed by atoms with Gasteiger partial charge in [-0.1, -0.05) is 19.9 Å². The molecule has 1 amide bonds. The summed E-state index contributed by atoms with van der Waals surface area (Å²) in [7, 11) is 0. The van der Waals surface area contributed by atoms with Crippen LogP contribution >= 0.6 is 0 Å². The van der Waals surface area contributed by atoms with Gasteiger partial charge in [0.15, 0.2) is 0 Å². The Hall–Kier alpha value is -2.43. The van der Waals surface area contributed by atoms with Crippen molar-refractivity contribution in [3.63, 3.8) is 0 Å². The van der Waals surface area contributed by atoms with Gasteiger partial charge in [0.05, 0.1) is 6.04 Å². The number of pyridine rings is 1. The predicted molar refractivity (Wildman–Crippen MR) is 98.1 cm³/mol. The van der Waals surface area contributed by atoms with E-state index in [1.165, 1.54) is 12.1 Å². The van der Waals surface area contributed by atoms with Crippen LogP contribution in [0.3, 0.4) is 0 Å². The number of nitrogens with one attached hydrogen (secondary N) is 1. The van der Waals surface area contributed by atoms with Crippen molar-refractivity contribution >= 4 is 17.4 Å². The third-order valence-electron chi connectivity index (χ3n) is 5.00. The normalized spacial score (nSPS) is 22.4. The van der Waals surface area contributed by atoms with Crippen LogP contribution in [-0.4, -0.2) is 16.9 Å². The molecule has 1 aliphatic heterocycles. The summed E-state index contributed by atoms with van der Waals surface area (Å²) >= 11 is 0. The van der Waals surface area contributed by atoms with E-state index in [4.69, 9.17) is 0 Å². The average molecular weight is 341 g/mol. The van der Waals surface area contributed by atoms with Crippen LogP contribution in [0.25, 0.3) is 0 Å². The minimum absolute atomic E-state index is 0.0151. The fourth-order valence-electron chi connectivity index (χ4n) is 3.86. The molecular weight excluding hydrogens is 317 g/mol. The number of fused-ring (bicyclic) bond motifs is 1. The van der Waals surface area contributed by atoms with Crippen LogP contribution < -0.4 is 10.2 Å². The lowest BCUT2D eigenvalue weighted by molar-refractivity contribution is -0.117. The molecule has 25 heavy (non-hydrogen) atoms. The molecule has 1 aromatic carbocycles. The van der Waals surface area contributed by atoms with E-state index in [9.17, 15) is 9.18 Å². The quantitative estimate of drug-likeness (QED) is 0.896. The number of carbonyl (C=O) groups is 1. The highest BCUT2D eigenvalue weighted by Gasteiger charge is 2.39. The monoisotopic (exact) mass is 341 g/mol. The summed E-state index contributed by atoms with van der Waals surface area (Å²) in [6, 6.07) is 10.4. The number of rotatable bonds is 3. The first-order valence-corrected chi connectivity index (χ1v) is 8.71. The fourth-order valence-corrected chi connectivity index (χ4v) is 3.86. The van der Waals surface area contributed by atoms with Gasteiger partial charge in [-0.25, -0.2) is 9.37 Å². The Labute approximate surface area is 148 Å². The third kappa shape index (κ3) is 3.23. The second-order valence-corrected chi connectivity index (χ2v) is 6.71. The van der Waals surface area contributed by atoms with Gasteiger partial charge in [-0.15, -0.1) is 0 Å². The number of hydrogen-bond donors (Lipinski definition) is 1. The van der Waals surface area contributed by atoms with Crippen molar-refractivity contribution in [2.75, 3.05) is 10.2 Å². The molecule has 1 N–H and O–H groups in total. The molecule has 1 aliphatic rings. The second-order valence-electron chi connectivity index (χ2n) is 6.71. The molecule has 0 fully saturated rings. The van der Waals surface area contributed by atoms with E-state index in [-0.39, 0.29) is 29.7 Å². The van der Waals surface area contributed by atoms with Crippen molar-refractivity contribution < 1.29 is 9.18 Å². The maximum Gasteiger partial charge on any atom is 0.224 e. The van der Waals surface area contributed by atoms with Gasteiger partial charge in [-0.05, 0) is 43.7 Å². The molecule has 0 spiro atoms. The molecule has 1 aromatic heterocycles. The number of nitrogens with zero attached hydrogens (tertiary/aromatic N) is 2. The number of benzene rings is 1. The Morgan fingerprint density at radius 2 is 2.08 bits per heavy atom. The molecule has 0 aliphatic carbocycles. The molecule has 132 valence electrons.